The van der Waals surface area contributed by atoms with Gasteiger partial charge in [-0.25, -0.2) is 0 Å². The van der Waals surface area contributed by atoms with Crippen LogP contribution in [0.25, 0.3) is 11.1 Å². The Hall–Kier alpha value is -1.76. The van der Waals surface area contributed by atoms with Crippen LogP contribution in [0.15, 0.2) is 48.5 Å². The number of hydrogen-bond acceptors (Lipinski definition) is 1. The average Bonchev–Trinajstić information content (AvgIpc) is 2.30. The van der Waals surface area contributed by atoms with Crippen LogP contribution in [0.2, 0.25) is 0 Å². The van der Waals surface area contributed by atoms with E-state index < -0.39 is 0 Å². The summed E-state index contributed by atoms with van der Waals surface area (Å²) in [6, 6.07) is 16.6. The van der Waals surface area contributed by atoms with E-state index in [1.165, 1.54) is 16.7 Å². The topological polar surface area (TPSA) is 26.0 Å². The zero-order valence-electron chi connectivity index (χ0n) is 9.77. The Morgan fingerprint density at radius 1 is 0.938 bits per heavy atom. The summed E-state index contributed by atoms with van der Waals surface area (Å²) in [5.41, 5.74) is 10.5. The molecular weight excluding hydrogens is 194 g/mol. The molecule has 0 bridgehead atoms. The lowest BCUT2D eigenvalue weighted by molar-refractivity contribution is 0.869. The van der Waals surface area contributed by atoms with Gasteiger partial charge < -0.3 is 5.73 Å². The number of nitrogens with two attached hydrogens (primary N) is 1. The Kier molecular flexibility index (Phi) is 2.95. The normalized spacial score (nSPS) is 10.7. The molecule has 2 rings (SSSR count). The van der Waals surface area contributed by atoms with Gasteiger partial charge >= 0.3 is 0 Å². The predicted molar refractivity (Wildman–Crippen MR) is 70.4 cm³/mol. The molecule has 1 heteroatoms. The summed E-state index contributed by atoms with van der Waals surface area (Å²) in [4.78, 5) is 0. The SMILES string of the molecule is CC(C)c1cc(N)ccc1-c1ccccc1. The molecule has 0 aliphatic heterocycles. The minimum Gasteiger partial charge on any atom is -0.399 e. The van der Waals surface area contributed by atoms with E-state index in [1.54, 1.807) is 0 Å². The third-order valence-corrected chi connectivity index (χ3v) is 2.78. The summed E-state index contributed by atoms with van der Waals surface area (Å²) in [6.45, 7) is 4.39. The van der Waals surface area contributed by atoms with Crippen LogP contribution in [-0.2, 0) is 0 Å². The van der Waals surface area contributed by atoms with Crippen LogP contribution in [0.3, 0.4) is 0 Å². The molecule has 82 valence electrons. The zero-order chi connectivity index (χ0) is 11.5. The quantitative estimate of drug-likeness (QED) is 0.745. The maximum Gasteiger partial charge on any atom is 0.0317 e. The highest BCUT2D eigenvalue weighted by molar-refractivity contribution is 5.70. The van der Waals surface area contributed by atoms with Crippen molar-refractivity contribution in [1.82, 2.24) is 0 Å². The van der Waals surface area contributed by atoms with E-state index in [-0.39, 0.29) is 0 Å². The second kappa shape index (κ2) is 4.40. The fraction of sp³-hybridized carbons (Fsp3) is 0.200. The highest BCUT2D eigenvalue weighted by atomic mass is 14.5. The largest absolute Gasteiger partial charge is 0.399 e. The van der Waals surface area contributed by atoms with Crippen molar-refractivity contribution in [1.29, 1.82) is 0 Å². The van der Waals surface area contributed by atoms with Crippen LogP contribution in [0.4, 0.5) is 5.69 Å². The molecule has 2 aromatic rings. The van der Waals surface area contributed by atoms with Gasteiger partial charge in [-0.2, -0.15) is 0 Å². The molecule has 0 saturated heterocycles. The lowest BCUT2D eigenvalue weighted by Crippen LogP contribution is -1.95. The standard InChI is InChI=1S/C15H17N/c1-11(2)15-10-13(16)8-9-14(15)12-6-4-3-5-7-12/h3-11H,16H2,1-2H3. The van der Waals surface area contributed by atoms with Crippen molar-refractivity contribution in [2.75, 3.05) is 5.73 Å². The average molecular weight is 211 g/mol. The third kappa shape index (κ3) is 2.08. The molecule has 0 atom stereocenters. The van der Waals surface area contributed by atoms with Crippen molar-refractivity contribution < 1.29 is 0 Å². The lowest BCUT2D eigenvalue weighted by Gasteiger charge is -2.13. The second-order valence-corrected chi connectivity index (χ2v) is 4.37. The molecule has 1 nitrogen and oxygen atoms in total. The van der Waals surface area contributed by atoms with E-state index >= 15 is 0 Å². The van der Waals surface area contributed by atoms with Crippen LogP contribution < -0.4 is 5.73 Å². The fourth-order valence-corrected chi connectivity index (χ4v) is 1.94. The first-order valence-electron chi connectivity index (χ1n) is 5.63. The van der Waals surface area contributed by atoms with Crippen LogP contribution in [-0.4, -0.2) is 0 Å². The van der Waals surface area contributed by atoms with Gasteiger partial charge in [0.05, 0.1) is 0 Å². The van der Waals surface area contributed by atoms with Gasteiger partial charge in [-0.1, -0.05) is 50.2 Å². The van der Waals surface area contributed by atoms with Gasteiger partial charge in [0.2, 0.25) is 0 Å². The van der Waals surface area contributed by atoms with Crippen LogP contribution in [0.1, 0.15) is 25.3 Å². The molecule has 0 aliphatic rings. The molecule has 2 aromatic carbocycles. The first kappa shape index (κ1) is 10.7. The smallest absolute Gasteiger partial charge is 0.0317 e. The van der Waals surface area contributed by atoms with Crippen LogP contribution in [0, 0.1) is 0 Å². The van der Waals surface area contributed by atoms with Crippen LogP contribution >= 0.6 is 0 Å². The molecular formula is C15H17N. The molecule has 2 N–H and O–H groups in total. The van der Waals surface area contributed by atoms with E-state index in [1.807, 2.05) is 12.1 Å². The maximum absolute atomic E-state index is 5.84. The number of rotatable bonds is 2. The monoisotopic (exact) mass is 211 g/mol. The van der Waals surface area contributed by atoms with Crippen molar-refractivity contribution in [3.63, 3.8) is 0 Å². The fourth-order valence-electron chi connectivity index (χ4n) is 1.94. The highest BCUT2D eigenvalue weighted by Crippen LogP contribution is 2.30. The molecule has 0 spiro atoms. The van der Waals surface area contributed by atoms with Gasteiger partial charge in [0.25, 0.3) is 0 Å². The van der Waals surface area contributed by atoms with Gasteiger partial charge in [-0.05, 0) is 34.7 Å². The Morgan fingerprint density at radius 2 is 1.62 bits per heavy atom. The molecule has 0 radical (unpaired) electrons. The zero-order valence-corrected chi connectivity index (χ0v) is 9.77. The van der Waals surface area contributed by atoms with Gasteiger partial charge in [0.1, 0.15) is 0 Å². The summed E-state index contributed by atoms with van der Waals surface area (Å²) in [5, 5.41) is 0. The molecule has 16 heavy (non-hydrogen) atoms. The molecule has 0 aromatic heterocycles. The molecule has 0 aliphatic carbocycles. The summed E-state index contributed by atoms with van der Waals surface area (Å²) in [7, 11) is 0. The van der Waals surface area contributed by atoms with Gasteiger partial charge in [-0.15, -0.1) is 0 Å². The molecule has 0 fully saturated rings. The van der Waals surface area contributed by atoms with Gasteiger partial charge in [0, 0.05) is 5.69 Å². The first-order chi connectivity index (χ1) is 7.68. The molecule has 0 unspecified atom stereocenters. The molecule has 0 saturated carbocycles. The predicted octanol–water partition coefficient (Wildman–Crippen LogP) is 4.06. The minimum atomic E-state index is 0.485. The summed E-state index contributed by atoms with van der Waals surface area (Å²) in [6.07, 6.45) is 0. The highest BCUT2D eigenvalue weighted by Gasteiger charge is 2.08. The Morgan fingerprint density at radius 3 is 2.25 bits per heavy atom. The third-order valence-electron chi connectivity index (χ3n) is 2.78. The summed E-state index contributed by atoms with van der Waals surface area (Å²) in [5.74, 6) is 0.485. The second-order valence-electron chi connectivity index (χ2n) is 4.37. The van der Waals surface area contributed by atoms with Gasteiger partial charge in [0.15, 0.2) is 0 Å². The number of benzene rings is 2. The number of nitrogen functional groups attached to an aromatic ring is 1. The van der Waals surface area contributed by atoms with E-state index in [9.17, 15) is 0 Å². The Balaban J connectivity index is 2.57. The minimum absolute atomic E-state index is 0.485. The van der Waals surface area contributed by atoms with Crippen LogP contribution in [0.5, 0.6) is 0 Å². The number of anilines is 1. The van der Waals surface area contributed by atoms with Crippen molar-refractivity contribution in [3.8, 4) is 11.1 Å². The Bertz CT molecular complexity index is 472. The van der Waals surface area contributed by atoms with Crippen molar-refractivity contribution in [2.45, 2.75) is 19.8 Å². The Labute approximate surface area is 96.9 Å². The molecule has 0 heterocycles. The van der Waals surface area contributed by atoms with E-state index in [0.29, 0.717) is 5.92 Å². The summed E-state index contributed by atoms with van der Waals surface area (Å²) >= 11 is 0. The first-order valence-corrected chi connectivity index (χ1v) is 5.63. The van der Waals surface area contributed by atoms with Crippen molar-refractivity contribution in [3.05, 3.63) is 54.1 Å². The lowest BCUT2D eigenvalue weighted by atomic mass is 9.92. The van der Waals surface area contributed by atoms with E-state index in [4.69, 9.17) is 5.73 Å². The van der Waals surface area contributed by atoms with E-state index in [0.717, 1.165) is 5.69 Å². The number of hydrogen-bond donors (Lipinski definition) is 1. The van der Waals surface area contributed by atoms with E-state index in [2.05, 4.69) is 50.2 Å². The van der Waals surface area contributed by atoms with Crippen molar-refractivity contribution in [2.24, 2.45) is 0 Å². The maximum atomic E-state index is 5.84. The molecule has 0 amide bonds. The van der Waals surface area contributed by atoms with Gasteiger partial charge in [-0.3, -0.25) is 0 Å². The summed E-state index contributed by atoms with van der Waals surface area (Å²) < 4.78 is 0. The van der Waals surface area contributed by atoms with Crippen molar-refractivity contribution >= 4 is 5.69 Å².